The SMILES string of the molecule is CCN1CCN(c2ccc(Nc3ncnc4c(CCc5ccc(N)c6ccccc56)csc34)cc2)CC1. The second-order valence-electron chi connectivity index (χ2n) is 9.61. The number of rotatable bonds is 7. The number of hydrogen-bond donors (Lipinski definition) is 2. The standard InChI is InChI=1S/C30H32N6S/c1-2-35-15-17-36(18-16-35)24-12-10-23(11-13-24)34-30-29-28(32-20-33-30)22(19-37-29)8-7-21-9-14-27(31)26-6-4-3-5-25(21)26/h3-6,9-14,19-20H,2,7-8,15-18,31H2,1H3,(H,32,33,34). The third kappa shape index (κ3) is 4.84. The smallest absolute Gasteiger partial charge is 0.151 e. The van der Waals surface area contributed by atoms with E-state index in [9.17, 15) is 0 Å². The Morgan fingerprint density at radius 2 is 1.62 bits per heavy atom. The van der Waals surface area contributed by atoms with E-state index in [-0.39, 0.29) is 0 Å². The van der Waals surface area contributed by atoms with Gasteiger partial charge in [0.15, 0.2) is 5.82 Å². The van der Waals surface area contributed by atoms with Gasteiger partial charge in [0, 0.05) is 48.6 Å². The molecule has 5 aromatic rings. The van der Waals surface area contributed by atoms with E-state index >= 15 is 0 Å². The highest BCUT2D eigenvalue weighted by Crippen LogP contribution is 2.33. The first-order valence-corrected chi connectivity index (χ1v) is 13.9. The molecule has 1 fully saturated rings. The number of aryl methyl sites for hydroxylation is 2. The molecule has 3 N–H and O–H groups in total. The second-order valence-corrected chi connectivity index (χ2v) is 10.5. The Bertz CT molecular complexity index is 1520. The first kappa shape index (κ1) is 23.7. The van der Waals surface area contributed by atoms with Crippen molar-refractivity contribution in [1.29, 1.82) is 0 Å². The van der Waals surface area contributed by atoms with Crippen LogP contribution in [0.1, 0.15) is 18.1 Å². The van der Waals surface area contributed by atoms with Gasteiger partial charge < -0.3 is 20.9 Å². The molecule has 2 aromatic heterocycles. The van der Waals surface area contributed by atoms with Crippen LogP contribution in [-0.4, -0.2) is 47.6 Å². The summed E-state index contributed by atoms with van der Waals surface area (Å²) in [6.07, 6.45) is 3.53. The largest absolute Gasteiger partial charge is 0.398 e. The molecule has 7 heteroatoms. The number of nitrogens with two attached hydrogens (primary N) is 1. The monoisotopic (exact) mass is 508 g/mol. The number of nitrogens with zero attached hydrogens (tertiary/aromatic N) is 4. The zero-order valence-corrected chi connectivity index (χ0v) is 22.0. The van der Waals surface area contributed by atoms with Crippen LogP contribution in [0.25, 0.3) is 21.0 Å². The van der Waals surface area contributed by atoms with Crippen LogP contribution >= 0.6 is 11.3 Å². The van der Waals surface area contributed by atoms with Gasteiger partial charge in [0.25, 0.3) is 0 Å². The molecule has 3 aromatic carbocycles. The maximum Gasteiger partial charge on any atom is 0.151 e. The summed E-state index contributed by atoms with van der Waals surface area (Å²) >= 11 is 1.71. The molecule has 0 saturated carbocycles. The molecule has 0 radical (unpaired) electrons. The van der Waals surface area contributed by atoms with Crippen LogP contribution < -0.4 is 16.0 Å². The zero-order valence-electron chi connectivity index (χ0n) is 21.2. The molecule has 6 rings (SSSR count). The van der Waals surface area contributed by atoms with Gasteiger partial charge in [-0.25, -0.2) is 9.97 Å². The number of benzene rings is 3. The number of piperazine rings is 1. The normalized spacial score (nSPS) is 14.5. The van der Waals surface area contributed by atoms with E-state index < -0.39 is 0 Å². The lowest BCUT2D eigenvalue weighted by Gasteiger charge is -2.35. The molecular formula is C30H32N6S. The minimum absolute atomic E-state index is 0.830. The lowest BCUT2D eigenvalue weighted by Crippen LogP contribution is -2.46. The number of anilines is 4. The Labute approximate surface area is 221 Å². The van der Waals surface area contributed by atoms with Gasteiger partial charge in [-0.1, -0.05) is 37.3 Å². The summed E-state index contributed by atoms with van der Waals surface area (Å²) in [6, 6.07) is 21.3. The van der Waals surface area contributed by atoms with Gasteiger partial charge in [-0.2, -0.15) is 0 Å². The van der Waals surface area contributed by atoms with Crippen LogP contribution in [0, 0.1) is 0 Å². The van der Waals surface area contributed by atoms with Crippen LogP contribution in [0.2, 0.25) is 0 Å². The van der Waals surface area contributed by atoms with Gasteiger partial charge >= 0.3 is 0 Å². The Hall–Kier alpha value is -3.68. The fourth-order valence-electron chi connectivity index (χ4n) is 5.25. The predicted octanol–water partition coefficient (Wildman–Crippen LogP) is 6.10. The fraction of sp³-hybridized carbons (Fsp3) is 0.267. The molecule has 0 aliphatic carbocycles. The number of aromatic nitrogens is 2. The molecule has 1 aliphatic heterocycles. The van der Waals surface area contributed by atoms with Crippen molar-refractivity contribution in [3.63, 3.8) is 0 Å². The van der Waals surface area contributed by atoms with Gasteiger partial charge in [-0.15, -0.1) is 11.3 Å². The third-order valence-corrected chi connectivity index (χ3v) is 8.48. The highest BCUT2D eigenvalue weighted by Gasteiger charge is 2.16. The molecule has 37 heavy (non-hydrogen) atoms. The van der Waals surface area contributed by atoms with Gasteiger partial charge in [0.05, 0.1) is 10.2 Å². The molecule has 6 nitrogen and oxygen atoms in total. The van der Waals surface area contributed by atoms with Crippen molar-refractivity contribution < 1.29 is 0 Å². The van der Waals surface area contributed by atoms with Crippen molar-refractivity contribution in [2.24, 2.45) is 0 Å². The summed E-state index contributed by atoms with van der Waals surface area (Å²) in [4.78, 5) is 14.2. The number of hydrogen-bond acceptors (Lipinski definition) is 7. The van der Waals surface area contributed by atoms with E-state index in [4.69, 9.17) is 5.73 Å². The molecular weight excluding hydrogens is 476 g/mol. The second kappa shape index (κ2) is 10.4. The summed E-state index contributed by atoms with van der Waals surface area (Å²) in [6.45, 7) is 7.79. The molecule has 1 aliphatic rings. The number of likely N-dealkylation sites (N-methyl/N-ethyl adjacent to an activating group) is 1. The highest BCUT2D eigenvalue weighted by atomic mass is 32.1. The van der Waals surface area contributed by atoms with Crippen molar-refractivity contribution in [3.05, 3.63) is 83.5 Å². The maximum atomic E-state index is 6.20. The molecule has 0 atom stereocenters. The molecule has 0 unspecified atom stereocenters. The minimum atomic E-state index is 0.830. The highest BCUT2D eigenvalue weighted by molar-refractivity contribution is 7.18. The average Bonchev–Trinajstić information content (AvgIpc) is 3.37. The van der Waals surface area contributed by atoms with Crippen LogP contribution in [0.4, 0.5) is 22.9 Å². The maximum absolute atomic E-state index is 6.20. The van der Waals surface area contributed by atoms with Crippen molar-refractivity contribution in [1.82, 2.24) is 14.9 Å². The van der Waals surface area contributed by atoms with E-state index in [1.54, 1.807) is 17.7 Å². The van der Waals surface area contributed by atoms with Gasteiger partial charge in [-0.3, -0.25) is 0 Å². The van der Waals surface area contributed by atoms with Crippen molar-refractivity contribution in [3.8, 4) is 0 Å². The molecule has 0 spiro atoms. The van der Waals surface area contributed by atoms with Gasteiger partial charge in [0.1, 0.15) is 6.33 Å². The summed E-state index contributed by atoms with van der Waals surface area (Å²) in [5.74, 6) is 0.864. The summed E-state index contributed by atoms with van der Waals surface area (Å²) in [7, 11) is 0. The van der Waals surface area contributed by atoms with E-state index in [1.807, 2.05) is 12.1 Å². The Morgan fingerprint density at radius 1 is 0.865 bits per heavy atom. The molecule has 1 saturated heterocycles. The molecule has 0 amide bonds. The Balaban J connectivity index is 1.17. The lowest BCUT2D eigenvalue weighted by atomic mass is 9.98. The van der Waals surface area contributed by atoms with Gasteiger partial charge in [0.2, 0.25) is 0 Å². The van der Waals surface area contributed by atoms with Crippen molar-refractivity contribution >= 4 is 55.2 Å². The number of thiophene rings is 1. The van der Waals surface area contributed by atoms with Crippen molar-refractivity contribution in [2.45, 2.75) is 19.8 Å². The topological polar surface area (TPSA) is 70.3 Å². The van der Waals surface area contributed by atoms with E-state index in [1.165, 1.54) is 22.2 Å². The van der Waals surface area contributed by atoms with Crippen LogP contribution in [-0.2, 0) is 12.8 Å². The Morgan fingerprint density at radius 3 is 2.41 bits per heavy atom. The Kier molecular flexibility index (Phi) is 6.64. The van der Waals surface area contributed by atoms with Crippen molar-refractivity contribution in [2.75, 3.05) is 48.7 Å². The van der Waals surface area contributed by atoms with E-state index in [0.29, 0.717) is 0 Å². The summed E-state index contributed by atoms with van der Waals surface area (Å²) in [5, 5.41) is 8.11. The van der Waals surface area contributed by atoms with Crippen LogP contribution in [0.3, 0.4) is 0 Å². The fourth-order valence-corrected chi connectivity index (χ4v) is 6.25. The molecule has 0 bridgehead atoms. The minimum Gasteiger partial charge on any atom is -0.398 e. The third-order valence-electron chi connectivity index (χ3n) is 7.45. The first-order valence-electron chi connectivity index (χ1n) is 13.0. The summed E-state index contributed by atoms with van der Waals surface area (Å²) < 4.78 is 1.10. The number of nitrogens with one attached hydrogen (secondary N) is 1. The summed E-state index contributed by atoms with van der Waals surface area (Å²) in [5.41, 5.74) is 13.0. The van der Waals surface area contributed by atoms with Crippen LogP contribution in [0.15, 0.2) is 72.4 Å². The number of fused-ring (bicyclic) bond motifs is 2. The molecule has 3 heterocycles. The van der Waals surface area contributed by atoms with Crippen LogP contribution in [0.5, 0.6) is 0 Å². The number of nitrogen functional groups attached to an aromatic ring is 1. The lowest BCUT2D eigenvalue weighted by molar-refractivity contribution is 0.271. The quantitative estimate of drug-likeness (QED) is 0.259. The predicted molar refractivity (Wildman–Crippen MR) is 157 cm³/mol. The van der Waals surface area contributed by atoms with E-state index in [2.05, 4.69) is 85.9 Å². The first-order chi connectivity index (χ1) is 18.2. The molecule has 188 valence electrons. The average molecular weight is 509 g/mol. The zero-order chi connectivity index (χ0) is 25.2. The van der Waals surface area contributed by atoms with Gasteiger partial charge in [-0.05, 0) is 71.6 Å². The van der Waals surface area contributed by atoms with E-state index in [0.717, 1.165) is 78.4 Å².